The van der Waals surface area contributed by atoms with Gasteiger partial charge >= 0.3 is 0 Å². The minimum Gasteiger partial charge on any atom is -0.381 e. The molecule has 1 aliphatic carbocycles. The van der Waals surface area contributed by atoms with Gasteiger partial charge in [-0.05, 0) is 26.7 Å². The third-order valence-corrected chi connectivity index (χ3v) is 4.12. The van der Waals surface area contributed by atoms with E-state index < -0.39 is 0 Å². The summed E-state index contributed by atoms with van der Waals surface area (Å²) in [6, 6.07) is 0.653. The highest BCUT2D eigenvalue weighted by molar-refractivity contribution is 4.91. The molecular formula is C13H26N2O2. The number of morpholine rings is 1. The van der Waals surface area contributed by atoms with Crippen LogP contribution in [0.2, 0.25) is 0 Å². The Morgan fingerprint density at radius 3 is 2.53 bits per heavy atom. The van der Waals surface area contributed by atoms with Crippen molar-refractivity contribution in [3.63, 3.8) is 0 Å². The van der Waals surface area contributed by atoms with Crippen molar-refractivity contribution >= 4 is 0 Å². The Kier molecular flexibility index (Phi) is 4.42. The van der Waals surface area contributed by atoms with E-state index in [1.165, 1.54) is 0 Å². The quantitative estimate of drug-likeness (QED) is 0.775. The number of hydrogen-bond donors (Lipinski definition) is 1. The second-order valence-electron chi connectivity index (χ2n) is 5.82. The number of ether oxygens (including phenoxy) is 2. The molecule has 0 bridgehead atoms. The number of hydrogen-bond acceptors (Lipinski definition) is 4. The minimum atomic E-state index is 0.224. The molecule has 1 saturated carbocycles. The molecule has 2 aliphatic rings. The van der Waals surface area contributed by atoms with Crippen LogP contribution >= 0.6 is 0 Å². The van der Waals surface area contributed by atoms with Crippen LogP contribution in [0.15, 0.2) is 0 Å². The van der Waals surface area contributed by atoms with Gasteiger partial charge in [0, 0.05) is 38.3 Å². The first-order chi connectivity index (χ1) is 8.12. The van der Waals surface area contributed by atoms with Crippen LogP contribution in [-0.4, -0.2) is 62.5 Å². The number of nitrogens with zero attached hydrogens (tertiary/aromatic N) is 1. The number of nitrogens with one attached hydrogen (secondary N) is 1. The fourth-order valence-electron chi connectivity index (χ4n) is 2.60. The third-order valence-electron chi connectivity index (χ3n) is 4.12. The molecule has 0 aromatic rings. The molecule has 100 valence electrons. The molecule has 0 radical (unpaired) electrons. The number of methoxy groups -OCH3 is 1. The fourth-order valence-corrected chi connectivity index (χ4v) is 2.60. The smallest absolute Gasteiger partial charge is 0.0601 e. The Hall–Kier alpha value is -0.160. The molecule has 0 spiro atoms. The van der Waals surface area contributed by atoms with Gasteiger partial charge in [0.2, 0.25) is 0 Å². The van der Waals surface area contributed by atoms with E-state index in [-0.39, 0.29) is 5.54 Å². The largest absolute Gasteiger partial charge is 0.381 e. The summed E-state index contributed by atoms with van der Waals surface area (Å²) in [4.78, 5) is 2.52. The van der Waals surface area contributed by atoms with Gasteiger partial charge in [-0.25, -0.2) is 0 Å². The van der Waals surface area contributed by atoms with Crippen LogP contribution in [0.25, 0.3) is 0 Å². The van der Waals surface area contributed by atoms with E-state index in [9.17, 15) is 0 Å². The van der Waals surface area contributed by atoms with Gasteiger partial charge in [-0.3, -0.25) is 4.90 Å². The standard InChI is InChI=1S/C13H26N2O2/c1-13(2,15-4-6-17-7-5-15)10-14-11-8-12(9-11)16-3/h11-12,14H,4-10H2,1-3H3. The van der Waals surface area contributed by atoms with Crippen LogP contribution in [0.5, 0.6) is 0 Å². The van der Waals surface area contributed by atoms with Gasteiger partial charge in [0.1, 0.15) is 0 Å². The Morgan fingerprint density at radius 2 is 1.94 bits per heavy atom. The van der Waals surface area contributed by atoms with Gasteiger partial charge in [-0.1, -0.05) is 0 Å². The summed E-state index contributed by atoms with van der Waals surface area (Å²) in [5.74, 6) is 0. The Morgan fingerprint density at radius 1 is 1.29 bits per heavy atom. The van der Waals surface area contributed by atoms with Crippen molar-refractivity contribution in [1.82, 2.24) is 10.2 Å². The molecule has 1 N–H and O–H groups in total. The summed E-state index contributed by atoms with van der Waals surface area (Å²) in [5, 5.41) is 3.66. The van der Waals surface area contributed by atoms with Crippen LogP contribution < -0.4 is 5.32 Å². The summed E-state index contributed by atoms with van der Waals surface area (Å²) in [6.07, 6.45) is 2.81. The van der Waals surface area contributed by atoms with Crippen molar-refractivity contribution in [2.24, 2.45) is 0 Å². The number of rotatable bonds is 5. The third kappa shape index (κ3) is 3.41. The lowest BCUT2D eigenvalue weighted by molar-refractivity contribution is -0.0179. The van der Waals surface area contributed by atoms with Gasteiger partial charge in [-0.15, -0.1) is 0 Å². The second-order valence-corrected chi connectivity index (χ2v) is 5.82. The first kappa shape index (κ1) is 13.3. The van der Waals surface area contributed by atoms with Crippen molar-refractivity contribution < 1.29 is 9.47 Å². The highest BCUT2D eigenvalue weighted by Crippen LogP contribution is 2.23. The summed E-state index contributed by atoms with van der Waals surface area (Å²) >= 11 is 0. The zero-order valence-electron chi connectivity index (χ0n) is 11.4. The molecule has 0 amide bonds. The Balaban J connectivity index is 1.69. The molecular weight excluding hydrogens is 216 g/mol. The molecule has 1 heterocycles. The molecule has 0 aromatic carbocycles. The fraction of sp³-hybridized carbons (Fsp3) is 1.00. The van der Waals surface area contributed by atoms with Gasteiger partial charge in [0.15, 0.2) is 0 Å². The van der Waals surface area contributed by atoms with E-state index >= 15 is 0 Å². The van der Waals surface area contributed by atoms with E-state index in [4.69, 9.17) is 9.47 Å². The average molecular weight is 242 g/mol. The van der Waals surface area contributed by atoms with E-state index in [1.54, 1.807) is 7.11 Å². The summed E-state index contributed by atoms with van der Waals surface area (Å²) in [7, 11) is 1.80. The van der Waals surface area contributed by atoms with E-state index in [2.05, 4.69) is 24.1 Å². The summed E-state index contributed by atoms with van der Waals surface area (Å²) in [5.41, 5.74) is 0.224. The first-order valence-electron chi connectivity index (χ1n) is 6.71. The monoisotopic (exact) mass is 242 g/mol. The highest BCUT2D eigenvalue weighted by Gasteiger charge is 2.32. The lowest BCUT2D eigenvalue weighted by atomic mass is 9.88. The molecule has 0 atom stereocenters. The molecule has 1 saturated heterocycles. The highest BCUT2D eigenvalue weighted by atomic mass is 16.5. The van der Waals surface area contributed by atoms with Crippen LogP contribution in [0.3, 0.4) is 0 Å². The van der Waals surface area contributed by atoms with Crippen molar-refractivity contribution in [2.75, 3.05) is 40.0 Å². The summed E-state index contributed by atoms with van der Waals surface area (Å²) in [6.45, 7) is 9.54. The predicted octanol–water partition coefficient (Wildman–Crippen LogP) is 0.864. The minimum absolute atomic E-state index is 0.224. The maximum atomic E-state index is 5.40. The molecule has 2 fully saturated rings. The summed E-state index contributed by atoms with van der Waals surface area (Å²) < 4.78 is 10.7. The van der Waals surface area contributed by atoms with E-state index in [0.29, 0.717) is 12.1 Å². The molecule has 2 rings (SSSR count). The van der Waals surface area contributed by atoms with Crippen molar-refractivity contribution in [2.45, 2.75) is 44.4 Å². The Bertz CT molecular complexity index is 234. The molecule has 17 heavy (non-hydrogen) atoms. The topological polar surface area (TPSA) is 33.7 Å². The zero-order valence-corrected chi connectivity index (χ0v) is 11.4. The predicted molar refractivity (Wildman–Crippen MR) is 68.3 cm³/mol. The second kappa shape index (κ2) is 5.65. The van der Waals surface area contributed by atoms with Crippen molar-refractivity contribution in [1.29, 1.82) is 0 Å². The van der Waals surface area contributed by atoms with Crippen LogP contribution in [-0.2, 0) is 9.47 Å². The SMILES string of the molecule is COC1CC(NCC(C)(C)N2CCOCC2)C1. The molecule has 0 aromatic heterocycles. The lowest BCUT2D eigenvalue weighted by Gasteiger charge is -2.43. The van der Waals surface area contributed by atoms with E-state index in [0.717, 1.165) is 45.7 Å². The molecule has 4 nitrogen and oxygen atoms in total. The van der Waals surface area contributed by atoms with Crippen molar-refractivity contribution in [3.05, 3.63) is 0 Å². The van der Waals surface area contributed by atoms with Gasteiger partial charge in [0.25, 0.3) is 0 Å². The van der Waals surface area contributed by atoms with Crippen LogP contribution in [0.4, 0.5) is 0 Å². The van der Waals surface area contributed by atoms with Crippen LogP contribution in [0.1, 0.15) is 26.7 Å². The normalized spacial score (nSPS) is 31.2. The molecule has 4 heteroatoms. The van der Waals surface area contributed by atoms with Crippen molar-refractivity contribution in [3.8, 4) is 0 Å². The molecule has 0 unspecified atom stereocenters. The zero-order chi connectivity index (χ0) is 12.3. The van der Waals surface area contributed by atoms with Gasteiger partial charge < -0.3 is 14.8 Å². The Labute approximate surface area is 105 Å². The van der Waals surface area contributed by atoms with Gasteiger partial charge in [-0.2, -0.15) is 0 Å². The maximum absolute atomic E-state index is 5.40. The average Bonchev–Trinajstić information content (AvgIpc) is 2.28. The van der Waals surface area contributed by atoms with E-state index in [1.807, 2.05) is 0 Å². The van der Waals surface area contributed by atoms with Gasteiger partial charge in [0.05, 0.1) is 19.3 Å². The first-order valence-corrected chi connectivity index (χ1v) is 6.71. The van der Waals surface area contributed by atoms with Crippen LogP contribution in [0, 0.1) is 0 Å². The maximum Gasteiger partial charge on any atom is 0.0601 e. The lowest BCUT2D eigenvalue weighted by Crippen LogP contribution is -2.57. The molecule has 1 aliphatic heterocycles.